The van der Waals surface area contributed by atoms with Gasteiger partial charge in [-0.3, -0.25) is 4.99 Å². The molecule has 0 atom stereocenters. The molecule has 0 radical (unpaired) electrons. The average Bonchev–Trinajstić information content (AvgIpc) is 3.32. The highest BCUT2D eigenvalue weighted by Crippen LogP contribution is 2.24. The normalized spacial score (nSPS) is 17.6. The van der Waals surface area contributed by atoms with Gasteiger partial charge in [0.25, 0.3) is 0 Å². The summed E-state index contributed by atoms with van der Waals surface area (Å²) in [6.07, 6.45) is 4.54. The van der Waals surface area contributed by atoms with E-state index in [2.05, 4.69) is 74.2 Å². The Labute approximate surface area is 180 Å². The van der Waals surface area contributed by atoms with Crippen LogP contribution in [-0.4, -0.2) is 62.2 Å². The van der Waals surface area contributed by atoms with Gasteiger partial charge in [0.1, 0.15) is 5.82 Å². The standard InChI is InChI=1S/C24H34N6/c1-19-7-6-8-22(20(19)2)28-13-15-30(16-14-28)24(25-3)27-18-21-9-10-23(26-17-21)29-11-4-5-12-29/h6-10,17H,4-5,11-16,18H2,1-3H3,(H,25,27). The van der Waals surface area contributed by atoms with Gasteiger partial charge in [-0.2, -0.15) is 0 Å². The number of anilines is 2. The summed E-state index contributed by atoms with van der Waals surface area (Å²) >= 11 is 0. The SMILES string of the molecule is CN=C(NCc1ccc(N2CCCC2)nc1)N1CCN(c2cccc(C)c2C)CC1. The van der Waals surface area contributed by atoms with E-state index in [1.807, 2.05) is 13.2 Å². The molecule has 1 aromatic carbocycles. The molecule has 6 heteroatoms. The summed E-state index contributed by atoms with van der Waals surface area (Å²) in [5.74, 6) is 2.07. The van der Waals surface area contributed by atoms with E-state index in [4.69, 9.17) is 0 Å². The lowest BCUT2D eigenvalue weighted by molar-refractivity contribution is 0.372. The van der Waals surface area contributed by atoms with Crippen molar-refractivity contribution in [2.24, 2.45) is 4.99 Å². The van der Waals surface area contributed by atoms with Crippen molar-refractivity contribution in [2.45, 2.75) is 33.2 Å². The molecular formula is C24H34N6. The summed E-state index contributed by atoms with van der Waals surface area (Å²) in [6, 6.07) is 10.9. The number of guanidine groups is 1. The van der Waals surface area contributed by atoms with Crippen LogP contribution in [0.5, 0.6) is 0 Å². The number of nitrogens with zero attached hydrogens (tertiary/aromatic N) is 5. The van der Waals surface area contributed by atoms with Crippen LogP contribution in [-0.2, 0) is 6.54 Å². The van der Waals surface area contributed by atoms with Gasteiger partial charge in [0, 0.05) is 64.7 Å². The van der Waals surface area contributed by atoms with Crippen molar-refractivity contribution in [3.05, 3.63) is 53.2 Å². The van der Waals surface area contributed by atoms with Crippen molar-refractivity contribution >= 4 is 17.5 Å². The molecule has 0 aliphatic carbocycles. The Morgan fingerprint density at radius 3 is 2.40 bits per heavy atom. The fourth-order valence-corrected chi connectivity index (χ4v) is 4.41. The van der Waals surface area contributed by atoms with Gasteiger partial charge in [0.2, 0.25) is 0 Å². The van der Waals surface area contributed by atoms with Gasteiger partial charge >= 0.3 is 0 Å². The number of hydrogen-bond donors (Lipinski definition) is 1. The minimum absolute atomic E-state index is 0.747. The van der Waals surface area contributed by atoms with Crippen LogP contribution in [0.3, 0.4) is 0 Å². The first-order valence-corrected chi connectivity index (χ1v) is 11.1. The highest BCUT2D eigenvalue weighted by molar-refractivity contribution is 5.80. The van der Waals surface area contributed by atoms with Crippen LogP contribution in [0.25, 0.3) is 0 Å². The lowest BCUT2D eigenvalue weighted by Crippen LogP contribution is -2.52. The first-order valence-electron chi connectivity index (χ1n) is 11.1. The van der Waals surface area contributed by atoms with Gasteiger partial charge in [0.05, 0.1) is 0 Å². The zero-order chi connectivity index (χ0) is 20.9. The summed E-state index contributed by atoms with van der Waals surface area (Å²) < 4.78 is 0. The molecule has 1 aromatic heterocycles. The van der Waals surface area contributed by atoms with Crippen LogP contribution >= 0.6 is 0 Å². The smallest absolute Gasteiger partial charge is 0.194 e. The Morgan fingerprint density at radius 2 is 1.73 bits per heavy atom. The summed E-state index contributed by atoms with van der Waals surface area (Å²) in [6.45, 7) is 11.4. The second-order valence-electron chi connectivity index (χ2n) is 8.31. The number of piperazine rings is 1. The van der Waals surface area contributed by atoms with Crippen molar-refractivity contribution in [1.29, 1.82) is 0 Å². The summed E-state index contributed by atoms with van der Waals surface area (Å²) in [5, 5.41) is 3.52. The van der Waals surface area contributed by atoms with E-state index >= 15 is 0 Å². The van der Waals surface area contributed by atoms with Crippen molar-refractivity contribution in [3.63, 3.8) is 0 Å². The molecule has 0 bridgehead atoms. The van der Waals surface area contributed by atoms with Gasteiger partial charge in [0.15, 0.2) is 5.96 Å². The Morgan fingerprint density at radius 1 is 0.967 bits per heavy atom. The molecule has 0 spiro atoms. The molecule has 3 heterocycles. The van der Waals surface area contributed by atoms with Gasteiger partial charge in [-0.15, -0.1) is 0 Å². The molecule has 2 aromatic rings. The third kappa shape index (κ3) is 4.53. The third-order valence-electron chi connectivity index (χ3n) is 6.40. The number of rotatable bonds is 4. The first kappa shape index (κ1) is 20.5. The number of aromatic nitrogens is 1. The Hall–Kier alpha value is -2.76. The molecular weight excluding hydrogens is 372 g/mol. The van der Waals surface area contributed by atoms with Crippen LogP contribution in [0.15, 0.2) is 41.5 Å². The molecule has 0 saturated carbocycles. The topological polar surface area (TPSA) is 47.0 Å². The summed E-state index contributed by atoms with van der Waals surface area (Å²) in [7, 11) is 1.87. The van der Waals surface area contributed by atoms with Gasteiger partial charge in [-0.25, -0.2) is 4.98 Å². The molecule has 2 fully saturated rings. The first-order chi connectivity index (χ1) is 14.7. The zero-order valence-corrected chi connectivity index (χ0v) is 18.6. The maximum Gasteiger partial charge on any atom is 0.194 e. The van der Waals surface area contributed by atoms with Crippen LogP contribution in [0, 0.1) is 13.8 Å². The molecule has 1 N–H and O–H groups in total. The maximum absolute atomic E-state index is 4.66. The van der Waals surface area contributed by atoms with Crippen molar-refractivity contribution in [3.8, 4) is 0 Å². The summed E-state index contributed by atoms with van der Waals surface area (Å²) in [5.41, 5.74) is 5.30. The monoisotopic (exact) mass is 406 g/mol. The fraction of sp³-hybridized carbons (Fsp3) is 0.500. The molecule has 0 unspecified atom stereocenters. The van der Waals surface area contributed by atoms with Gasteiger partial charge in [-0.1, -0.05) is 18.2 Å². The molecule has 2 aliphatic rings. The minimum Gasteiger partial charge on any atom is -0.368 e. The van der Waals surface area contributed by atoms with E-state index in [0.717, 1.165) is 57.6 Å². The Bertz CT molecular complexity index is 862. The van der Waals surface area contributed by atoms with Crippen molar-refractivity contribution < 1.29 is 0 Å². The van der Waals surface area contributed by atoms with E-state index in [1.165, 1.54) is 35.2 Å². The number of aliphatic imine (C=N–C) groups is 1. The lowest BCUT2D eigenvalue weighted by atomic mass is 10.1. The lowest BCUT2D eigenvalue weighted by Gasteiger charge is -2.38. The van der Waals surface area contributed by atoms with Crippen molar-refractivity contribution in [2.75, 3.05) is 56.1 Å². The predicted octanol–water partition coefficient (Wildman–Crippen LogP) is 3.20. The molecule has 2 aliphatic heterocycles. The van der Waals surface area contributed by atoms with E-state index in [0.29, 0.717) is 0 Å². The van der Waals surface area contributed by atoms with Crippen LogP contribution in [0.1, 0.15) is 29.5 Å². The largest absolute Gasteiger partial charge is 0.368 e. The quantitative estimate of drug-likeness (QED) is 0.624. The molecule has 6 nitrogen and oxygen atoms in total. The fourth-order valence-electron chi connectivity index (χ4n) is 4.41. The highest BCUT2D eigenvalue weighted by Gasteiger charge is 2.21. The average molecular weight is 407 g/mol. The molecule has 4 rings (SSSR count). The number of pyridine rings is 1. The third-order valence-corrected chi connectivity index (χ3v) is 6.40. The zero-order valence-electron chi connectivity index (χ0n) is 18.6. The van der Waals surface area contributed by atoms with E-state index < -0.39 is 0 Å². The van der Waals surface area contributed by atoms with Crippen molar-refractivity contribution in [1.82, 2.24) is 15.2 Å². The van der Waals surface area contributed by atoms with E-state index in [-0.39, 0.29) is 0 Å². The predicted molar refractivity (Wildman–Crippen MR) is 126 cm³/mol. The molecule has 30 heavy (non-hydrogen) atoms. The van der Waals surface area contributed by atoms with Gasteiger partial charge < -0.3 is 20.0 Å². The second-order valence-corrected chi connectivity index (χ2v) is 8.31. The van der Waals surface area contributed by atoms with E-state index in [9.17, 15) is 0 Å². The Balaban J connectivity index is 1.30. The van der Waals surface area contributed by atoms with Crippen LogP contribution < -0.4 is 15.1 Å². The van der Waals surface area contributed by atoms with Crippen LogP contribution in [0.4, 0.5) is 11.5 Å². The molecule has 2 saturated heterocycles. The Kier molecular flexibility index (Phi) is 6.41. The maximum atomic E-state index is 4.66. The highest BCUT2D eigenvalue weighted by atomic mass is 15.3. The number of benzene rings is 1. The van der Waals surface area contributed by atoms with Gasteiger partial charge in [-0.05, 0) is 55.5 Å². The number of nitrogens with one attached hydrogen (secondary N) is 1. The second kappa shape index (κ2) is 9.37. The minimum atomic E-state index is 0.747. The van der Waals surface area contributed by atoms with Crippen LogP contribution in [0.2, 0.25) is 0 Å². The summed E-state index contributed by atoms with van der Waals surface area (Å²) in [4.78, 5) is 16.4. The number of hydrogen-bond acceptors (Lipinski definition) is 4. The van der Waals surface area contributed by atoms with E-state index in [1.54, 1.807) is 0 Å². The molecule has 0 amide bonds. The number of aryl methyl sites for hydroxylation is 1. The molecule has 160 valence electrons.